The van der Waals surface area contributed by atoms with Gasteiger partial charge in [-0.15, -0.1) is 0 Å². The van der Waals surface area contributed by atoms with Gasteiger partial charge in [-0.3, -0.25) is 9.47 Å². The molecular formula is C15H23N5O2. The monoisotopic (exact) mass is 305 g/mol. The highest BCUT2D eigenvalue weighted by Gasteiger charge is 2.24. The molecule has 22 heavy (non-hydrogen) atoms. The van der Waals surface area contributed by atoms with Crippen LogP contribution in [0.1, 0.15) is 35.7 Å². The molecule has 7 nitrogen and oxygen atoms in total. The Labute approximate surface area is 129 Å². The molecule has 0 fully saturated rings. The first-order valence-electron chi connectivity index (χ1n) is 7.72. The van der Waals surface area contributed by atoms with Crippen molar-refractivity contribution >= 4 is 0 Å². The normalized spacial score (nSPS) is 18.5. The molecule has 0 N–H and O–H groups in total. The summed E-state index contributed by atoms with van der Waals surface area (Å²) in [5.41, 5.74) is 2.11. The second kappa shape index (κ2) is 5.72. The number of fused-ring (bicyclic) bond motifs is 1. The van der Waals surface area contributed by atoms with E-state index in [-0.39, 0.29) is 5.69 Å². The third-order valence-corrected chi connectivity index (χ3v) is 4.68. The number of aryl methyl sites for hydroxylation is 4. The van der Waals surface area contributed by atoms with Crippen LogP contribution >= 0.6 is 0 Å². The second-order valence-corrected chi connectivity index (χ2v) is 6.17. The molecule has 1 atom stereocenters. The summed E-state index contributed by atoms with van der Waals surface area (Å²) in [6.45, 7) is 5.49. The van der Waals surface area contributed by atoms with E-state index in [1.165, 1.54) is 10.2 Å². The molecule has 2 aromatic heterocycles. The van der Waals surface area contributed by atoms with Gasteiger partial charge in [0, 0.05) is 38.2 Å². The largest absolute Gasteiger partial charge is 0.361 e. The molecule has 120 valence electrons. The number of nitrogens with zero attached hydrogens (tertiary/aromatic N) is 5. The maximum absolute atomic E-state index is 12.0. The predicted molar refractivity (Wildman–Crippen MR) is 81.6 cm³/mol. The Balaban J connectivity index is 1.71. The molecule has 0 saturated heterocycles. The molecule has 0 bridgehead atoms. The van der Waals surface area contributed by atoms with Gasteiger partial charge in [-0.2, -0.15) is 5.10 Å². The van der Waals surface area contributed by atoms with Gasteiger partial charge in [-0.1, -0.05) is 5.16 Å². The topological polar surface area (TPSA) is 69.1 Å². The average Bonchev–Trinajstić information content (AvgIpc) is 2.84. The first-order valence-corrected chi connectivity index (χ1v) is 7.72. The van der Waals surface area contributed by atoms with Gasteiger partial charge in [0.2, 0.25) is 0 Å². The lowest BCUT2D eigenvalue weighted by molar-refractivity contribution is 0.208. The first-order chi connectivity index (χ1) is 10.5. The van der Waals surface area contributed by atoms with Gasteiger partial charge >= 0.3 is 5.69 Å². The molecule has 0 amide bonds. The van der Waals surface area contributed by atoms with Crippen LogP contribution in [0.4, 0.5) is 0 Å². The third kappa shape index (κ3) is 2.61. The SMILES string of the molecule is Cc1noc(C)c1CN(C)C1CCc2nn(C)c(=O)n2CC1. The van der Waals surface area contributed by atoms with Crippen molar-refractivity contribution in [1.29, 1.82) is 0 Å². The van der Waals surface area contributed by atoms with Crippen LogP contribution in [0, 0.1) is 13.8 Å². The van der Waals surface area contributed by atoms with E-state index in [9.17, 15) is 4.79 Å². The lowest BCUT2D eigenvalue weighted by atomic mass is 10.1. The van der Waals surface area contributed by atoms with Crippen molar-refractivity contribution in [3.63, 3.8) is 0 Å². The Hall–Kier alpha value is -1.89. The molecule has 1 unspecified atom stereocenters. The van der Waals surface area contributed by atoms with Crippen molar-refractivity contribution in [1.82, 2.24) is 24.4 Å². The van der Waals surface area contributed by atoms with Gasteiger partial charge in [-0.05, 0) is 33.7 Å². The highest BCUT2D eigenvalue weighted by molar-refractivity contribution is 5.20. The molecule has 0 saturated carbocycles. The van der Waals surface area contributed by atoms with Crippen LogP contribution in [0.2, 0.25) is 0 Å². The van der Waals surface area contributed by atoms with E-state index >= 15 is 0 Å². The Morgan fingerprint density at radius 2 is 2.14 bits per heavy atom. The molecule has 3 heterocycles. The van der Waals surface area contributed by atoms with Gasteiger partial charge in [0.05, 0.1) is 5.69 Å². The molecule has 0 radical (unpaired) electrons. The molecule has 0 aliphatic carbocycles. The molecule has 1 aliphatic heterocycles. The summed E-state index contributed by atoms with van der Waals surface area (Å²) in [4.78, 5) is 14.4. The van der Waals surface area contributed by atoms with Crippen LogP contribution in [0.25, 0.3) is 0 Å². The minimum absolute atomic E-state index is 0.0102. The van der Waals surface area contributed by atoms with Crippen LogP contribution in [0.15, 0.2) is 9.32 Å². The van der Waals surface area contributed by atoms with E-state index in [0.29, 0.717) is 6.04 Å². The fourth-order valence-corrected chi connectivity index (χ4v) is 3.23. The van der Waals surface area contributed by atoms with Crippen LogP contribution in [0.3, 0.4) is 0 Å². The van der Waals surface area contributed by atoms with E-state index in [1.54, 1.807) is 7.05 Å². The highest BCUT2D eigenvalue weighted by atomic mass is 16.5. The van der Waals surface area contributed by atoms with E-state index in [4.69, 9.17) is 4.52 Å². The lowest BCUT2D eigenvalue weighted by Crippen LogP contribution is -2.32. The van der Waals surface area contributed by atoms with E-state index in [1.807, 2.05) is 18.4 Å². The minimum Gasteiger partial charge on any atom is -0.361 e. The average molecular weight is 305 g/mol. The van der Waals surface area contributed by atoms with E-state index in [2.05, 4.69) is 22.2 Å². The first kappa shape index (κ1) is 15.0. The highest BCUT2D eigenvalue weighted by Crippen LogP contribution is 2.20. The van der Waals surface area contributed by atoms with E-state index in [0.717, 1.165) is 49.6 Å². The van der Waals surface area contributed by atoms with Gasteiger partial charge in [0.1, 0.15) is 11.6 Å². The molecule has 1 aliphatic rings. The van der Waals surface area contributed by atoms with Crippen LogP contribution in [-0.2, 0) is 26.6 Å². The second-order valence-electron chi connectivity index (χ2n) is 6.17. The molecule has 2 aromatic rings. The summed E-state index contributed by atoms with van der Waals surface area (Å²) in [5, 5.41) is 8.35. The van der Waals surface area contributed by atoms with Crippen LogP contribution in [0.5, 0.6) is 0 Å². The number of hydrogen-bond acceptors (Lipinski definition) is 5. The van der Waals surface area contributed by atoms with Crippen molar-refractivity contribution in [3.8, 4) is 0 Å². The smallest absolute Gasteiger partial charge is 0.345 e. The molecule has 3 rings (SSSR count). The quantitative estimate of drug-likeness (QED) is 0.847. The summed E-state index contributed by atoms with van der Waals surface area (Å²) in [7, 11) is 3.84. The van der Waals surface area contributed by atoms with Crippen molar-refractivity contribution in [2.45, 2.75) is 52.2 Å². The van der Waals surface area contributed by atoms with Gasteiger partial charge < -0.3 is 4.52 Å². The van der Waals surface area contributed by atoms with Gasteiger partial charge in [0.25, 0.3) is 0 Å². The fourth-order valence-electron chi connectivity index (χ4n) is 3.23. The summed E-state index contributed by atoms with van der Waals surface area (Å²) in [5.74, 6) is 1.79. The Bertz CT molecular complexity index is 707. The van der Waals surface area contributed by atoms with Gasteiger partial charge in [0.15, 0.2) is 0 Å². The maximum atomic E-state index is 12.0. The Morgan fingerprint density at radius 1 is 1.36 bits per heavy atom. The zero-order chi connectivity index (χ0) is 15.9. The van der Waals surface area contributed by atoms with E-state index < -0.39 is 0 Å². The summed E-state index contributed by atoms with van der Waals surface area (Å²) in [6.07, 6.45) is 2.81. The number of hydrogen-bond donors (Lipinski definition) is 0. The van der Waals surface area contributed by atoms with Crippen molar-refractivity contribution in [2.75, 3.05) is 7.05 Å². The fraction of sp³-hybridized carbons (Fsp3) is 0.667. The standard InChI is InChI=1S/C15H23N5O2/c1-10-13(11(2)22-17-10)9-18(3)12-5-6-14-16-19(4)15(21)20(14)8-7-12/h12H,5-9H2,1-4H3. The molecular weight excluding hydrogens is 282 g/mol. The third-order valence-electron chi connectivity index (χ3n) is 4.68. The maximum Gasteiger partial charge on any atom is 0.345 e. The van der Waals surface area contributed by atoms with Gasteiger partial charge in [-0.25, -0.2) is 9.48 Å². The predicted octanol–water partition coefficient (Wildman–Crippen LogP) is 1.02. The van der Waals surface area contributed by atoms with Crippen LogP contribution in [-0.4, -0.2) is 37.5 Å². The molecule has 0 spiro atoms. The van der Waals surface area contributed by atoms with Crippen LogP contribution < -0.4 is 5.69 Å². The minimum atomic E-state index is -0.0102. The summed E-state index contributed by atoms with van der Waals surface area (Å²) in [6, 6.07) is 0.431. The van der Waals surface area contributed by atoms with Crippen molar-refractivity contribution < 1.29 is 4.52 Å². The zero-order valence-corrected chi connectivity index (χ0v) is 13.7. The molecule has 0 aromatic carbocycles. The molecule has 7 heteroatoms. The summed E-state index contributed by atoms with van der Waals surface area (Å²) >= 11 is 0. The number of aromatic nitrogens is 4. The summed E-state index contributed by atoms with van der Waals surface area (Å²) < 4.78 is 8.48. The Kier molecular flexibility index (Phi) is 3.90. The Morgan fingerprint density at radius 3 is 2.82 bits per heavy atom. The number of rotatable bonds is 3. The van der Waals surface area contributed by atoms with Crippen molar-refractivity contribution in [2.24, 2.45) is 7.05 Å². The lowest BCUT2D eigenvalue weighted by Gasteiger charge is -2.26. The zero-order valence-electron chi connectivity index (χ0n) is 13.7. The van der Waals surface area contributed by atoms with Crippen molar-refractivity contribution in [3.05, 3.63) is 33.3 Å².